The second kappa shape index (κ2) is 8.04. The van der Waals surface area contributed by atoms with Crippen LogP contribution in [0.15, 0.2) is 47.4 Å². The van der Waals surface area contributed by atoms with E-state index in [1.54, 1.807) is 17.9 Å². The Bertz CT molecular complexity index is 648. The minimum atomic E-state index is -0.224. The SMILES string of the molecule is CC(N)c1nnc(CCn2cncn2)o1.Cc1ccccc1. The summed E-state index contributed by atoms with van der Waals surface area (Å²) in [4.78, 5) is 3.83. The van der Waals surface area contributed by atoms with Gasteiger partial charge in [-0.15, -0.1) is 10.2 Å². The van der Waals surface area contributed by atoms with Gasteiger partial charge >= 0.3 is 0 Å². The molecule has 0 spiro atoms. The van der Waals surface area contributed by atoms with Crippen LogP contribution in [0.25, 0.3) is 0 Å². The molecule has 7 heteroatoms. The number of aromatic nitrogens is 5. The summed E-state index contributed by atoms with van der Waals surface area (Å²) in [6.45, 7) is 4.55. The molecule has 0 saturated carbocycles. The monoisotopic (exact) mass is 300 g/mol. The summed E-state index contributed by atoms with van der Waals surface area (Å²) < 4.78 is 7.04. The molecule has 1 aromatic carbocycles. The Morgan fingerprint density at radius 3 is 2.50 bits per heavy atom. The number of benzene rings is 1. The average molecular weight is 300 g/mol. The average Bonchev–Trinajstić information content (AvgIpc) is 3.18. The van der Waals surface area contributed by atoms with Gasteiger partial charge in [-0.3, -0.25) is 4.68 Å². The molecule has 3 aromatic rings. The van der Waals surface area contributed by atoms with Crippen LogP contribution in [0.2, 0.25) is 0 Å². The highest BCUT2D eigenvalue weighted by Gasteiger charge is 2.09. The molecule has 1 unspecified atom stereocenters. The van der Waals surface area contributed by atoms with Gasteiger partial charge in [-0.1, -0.05) is 35.9 Å². The lowest BCUT2D eigenvalue weighted by atomic mass is 10.2. The second-order valence-electron chi connectivity index (χ2n) is 4.89. The molecule has 0 saturated heterocycles. The van der Waals surface area contributed by atoms with E-state index in [1.807, 2.05) is 18.2 Å². The molecule has 0 aliphatic rings. The number of nitrogens with zero attached hydrogens (tertiary/aromatic N) is 5. The minimum absolute atomic E-state index is 0.224. The third-order valence-corrected chi connectivity index (χ3v) is 2.83. The predicted octanol–water partition coefficient (Wildman–Crippen LogP) is 1.92. The van der Waals surface area contributed by atoms with Crippen molar-refractivity contribution in [2.75, 3.05) is 0 Å². The Morgan fingerprint density at radius 2 is 2.00 bits per heavy atom. The number of aryl methyl sites for hydroxylation is 3. The molecule has 2 N–H and O–H groups in total. The van der Waals surface area contributed by atoms with Gasteiger partial charge in [0.25, 0.3) is 0 Å². The van der Waals surface area contributed by atoms with E-state index >= 15 is 0 Å². The van der Waals surface area contributed by atoms with Gasteiger partial charge in [0.1, 0.15) is 12.7 Å². The predicted molar refractivity (Wildman–Crippen MR) is 81.8 cm³/mol. The normalized spacial score (nSPS) is 11.6. The molecule has 0 amide bonds. The van der Waals surface area contributed by atoms with E-state index in [9.17, 15) is 0 Å². The fraction of sp³-hybridized carbons (Fsp3) is 0.333. The zero-order chi connectivity index (χ0) is 15.8. The van der Waals surface area contributed by atoms with E-state index in [4.69, 9.17) is 10.2 Å². The molecule has 0 radical (unpaired) electrons. The van der Waals surface area contributed by atoms with Crippen molar-refractivity contribution in [1.29, 1.82) is 0 Å². The number of nitrogens with two attached hydrogens (primary N) is 1. The summed E-state index contributed by atoms with van der Waals surface area (Å²) in [6.07, 6.45) is 3.76. The fourth-order valence-electron chi connectivity index (χ4n) is 1.64. The van der Waals surface area contributed by atoms with Crippen molar-refractivity contribution in [3.8, 4) is 0 Å². The van der Waals surface area contributed by atoms with E-state index in [0.29, 0.717) is 24.7 Å². The molecule has 0 aliphatic carbocycles. The maximum absolute atomic E-state index is 5.59. The molecular formula is C15H20N6O. The van der Waals surface area contributed by atoms with Gasteiger partial charge in [0, 0.05) is 6.42 Å². The Hall–Kier alpha value is -2.54. The second-order valence-corrected chi connectivity index (χ2v) is 4.89. The van der Waals surface area contributed by atoms with E-state index in [-0.39, 0.29) is 6.04 Å². The van der Waals surface area contributed by atoms with Gasteiger partial charge < -0.3 is 10.2 Å². The van der Waals surface area contributed by atoms with Gasteiger partial charge in [0.15, 0.2) is 0 Å². The van der Waals surface area contributed by atoms with Gasteiger partial charge in [-0.2, -0.15) is 5.10 Å². The number of hydrogen-bond acceptors (Lipinski definition) is 6. The maximum atomic E-state index is 5.59. The van der Waals surface area contributed by atoms with Crippen LogP contribution in [0.3, 0.4) is 0 Å². The summed E-state index contributed by atoms with van der Waals surface area (Å²) in [5.74, 6) is 1.03. The van der Waals surface area contributed by atoms with Crippen LogP contribution in [0.4, 0.5) is 0 Å². The zero-order valence-corrected chi connectivity index (χ0v) is 12.8. The molecule has 7 nitrogen and oxygen atoms in total. The quantitative estimate of drug-likeness (QED) is 0.790. The Morgan fingerprint density at radius 1 is 1.23 bits per heavy atom. The molecule has 3 rings (SSSR count). The summed E-state index contributed by atoms with van der Waals surface area (Å²) >= 11 is 0. The summed E-state index contributed by atoms with van der Waals surface area (Å²) in [7, 11) is 0. The minimum Gasteiger partial charge on any atom is -0.424 e. The van der Waals surface area contributed by atoms with E-state index in [0.717, 1.165) is 0 Å². The Kier molecular flexibility index (Phi) is 5.79. The highest BCUT2D eigenvalue weighted by Crippen LogP contribution is 2.08. The van der Waals surface area contributed by atoms with Crippen LogP contribution in [0, 0.1) is 6.92 Å². The molecule has 2 aromatic heterocycles. The lowest BCUT2D eigenvalue weighted by Gasteiger charge is -1.96. The Labute approximate surface area is 129 Å². The van der Waals surface area contributed by atoms with Crippen molar-refractivity contribution >= 4 is 0 Å². The summed E-state index contributed by atoms with van der Waals surface area (Å²) in [6, 6.07) is 10.0. The first-order valence-corrected chi connectivity index (χ1v) is 7.07. The first-order chi connectivity index (χ1) is 10.6. The van der Waals surface area contributed by atoms with Crippen LogP contribution >= 0.6 is 0 Å². The van der Waals surface area contributed by atoms with Crippen molar-refractivity contribution in [2.45, 2.75) is 32.9 Å². The fourth-order valence-corrected chi connectivity index (χ4v) is 1.64. The first kappa shape index (κ1) is 15.8. The Balaban J connectivity index is 0.000000211. The van der Waals surface area contributed by atoms with Crippen molar-refractivity contribution < 1.29 is 4.42 Å². The van der Waals surface area contributed by atoms with Gasteiger partial charge in [0.2, 0.25) is 11.8 Å². The molecule has 0 bridgehead atoms. The maximum Gasteiger partial charge on any atom is 0.232 e. The van der Waals surface area contributed by atoms with Gasteiger partial charge in [0.05, 0.1) is 12.6 Å². The highest BCUT2D eigenvalue weighted by atomic mass is 16.4. The molecule has 0 aliphatic heterocycles. The zero-order valence-electron chi connectivity index (χ0n) is 12.8. The smallest absolute Gasteiger partial charge is 0.232 e. The van der Waals surface area contributed by atoms with Crippen LogP contribution in [0.1, 0.15) is 30.3 Å². The van der Waals surface area contributed by atoms with Crippen molar-refractivity contribution in [2.24, 2.45) is 5.73 Å². The molecule has 2 heterocycles. The van der Waals surface area contributed by atoms with E-state index < -0.39 is 0 Å². The third-order valence-electron chi connectivity index (χ3n) is 2.83. The lowest BCUT2D eigenvalue weighted by molar-refractivity contribution is 0.414. The van der Waals surface area contributed by atoms with E-state index in [1.165, 1.54) is 11.9 Å². The first-order valence-electron chi connectivity index (χ1n) is 7.07. The summed E-state index contributed by atoms with van der Waals surface area (Å²) in [5, 5.41) is 11.7. The molecule has 1 atom stereocenters. The summed E-state index contributed by atoms with van der Waals surface area (Å²) in [5.41, 5.74) is 6.92. The largest absolute Gasteiger partial charge is 0.424 e. The van der Waals surface area contributed by atoms with Crippen molar-refractivity contribution in [1.82, 2.24) is 25.0 Å². The van der Waals surface area contributed by atoms with Crippen LogP contribution in [-0.4, -0.2) is 25.0 Å². The van der Waals surface area contributed by atoms with Crippen LogP contribution < -0.4 is 5.73 Å². The van der Waals surface area contributed by atoms with Crippen LogP contribution in [0.5, 0.6) is 0 Å². The standard InChI is InChI=1S/C8H12N6O.C7H8/c1-6(9)8-13-12-7(15-8)2-3-14-5-10-4-11-14;1-7-5-3-2-4-6-7/h4-6H,2-3,9H2,1H3;2-6H,1H3. The van der Waals surface area contributed by atoms with Gasteiger partial charge in [-0.05, 0) is 13.8 Å². The van der Waals surface area contributed by atoms with Crippen molar-refractivity contribution in [3.63, 3.8) is 0 Å². The molecule has 22 heavy (non-hydrogen) atoms. The highest BCUT2D eigenvalue weighted by molar-refractivity contribution is 5.11. The third kappa shape index (κ3) is 5.10. The van der Waals surface area contributed by atoms with E-state index in [2.05, 4.69) is 39.3 Å². The number of rotatable bonds is 4. The molecule has 0 fully saturated rings. The topological polar surface area (TPSA) is 95.7 Å². The number of hydrogen-bond donors (Lipinski definition) is 1. The van der Waals surface area contributed by atoms with Crippen molar-refractivity contribution in [3.05, 3.63) is 60.3 Å². The van der Waals surface area contributed by atoms with Gasteiger partial charge in [-0.25, -0.2) is 4.98 Å². The van der Waals surface area contributed by atoms with Crippen LogP contribution in [-0.2, 0) is 13.0 Å². The lowest BCUT2D eigenvalue weighted by Crippen LogP contribution is -2.04. The molecule has 116 valence electrons. The molecular weight excluding hydrogens is 280 g/mol.